The summed E-state index contributed by atoms with van der Waals surface area (Å²) in [4.78, 5) is 5.29. The molecule has 0 amide bonds. The van der Waals surface area contributed by atoms with Crippen molar-refractivity contribution in [3.05, 3.63) is 0 Å². The van der Waals surface area contributed by atoms with Gasteiger partial charge in [0.2, 0.25) is 0 Å². The molecule has 1 aliphatic carbocycles. The molecule has 2 aliphatic rings. The average molecular weight is 225 g/mol. The second-order valence-electron chi connectivity index (χ2n) is 5.42. The van der Waals surface area contributed by atoms with Crippen LogP contribution < -0.4 is 5.73 Å². The fourth-order valence-electron chi connectivity index (χ4n) is 2.57. The van der Waals surface area contributed by atoms with E-state index < -0.39 is 0 Å². The lowest BCUT2D eigenvalue weighted by Gasteiger charge is -2.34. The molecule has 1 saturated heterocycles. The van der Waals surface area contributed by atoms with Gasteiger partial charge in [-0.05, 0) is 38.6 Å². The highest BCUT2D eigenvalue weighted by Crippen LogP contribution is 2.27. The lowest BCUT2D eigenvalue weighted by molar-refractivity contribution is 0.124. The van der Waals surface area contributed by atoms with Crippen LogP contribution in [-0.2, 0) is 0 Å². The first-order valence-corrected chi connectivity index (χ1v) is 7.01. The third-order valence-corrected chi connectivity index (χ3v) is 4.04. The molecule has 1 aliphatic heterocycles. The van der Waals surface area contributed by atoms with Crippen molar-refractivity contribution >= 4 is 0 Å². The number of piperazine rings is 1. The van der Waals surface area contributed by atoms with Gasteiger partial charge in [-0.1, -0.05) is 6.92 Å². The monoisotopic (exact) mass is 225 g/mol. The predicted octanol–water partition coefficient (Wildman–Crippen LogP) is 1.28. The zero-order valence-corrected chi connectivity index (χ0v) is 10.7. The van der Waals surface area contributed by atoms with E-state index in [1.807, 2.05) is 0 Å². The molecule has 2 fully saturated rings. The molecule has 0 spiro atoms. The van der Waals surface area contributed by atoms with Crippen LogP contribution in [0, 0.1) is 0 Å². The predicted molar refractivity (Wildman–Crippen MR) is 68.5 cm³/mol. The van der Waals surface area contributed by atoms with Crippen molar-refractivity contribution < 1.29 is 0 Å². The van der Waals surface area contributed by atoms with Crippen molar-refractivity contribution in [2.75, 3.05) is 32.7 Å². The Bertz CT molecular complexity index is 195. The Balaban J connectivity index is 1.54. The van der Waals surface area contributed by atoms with Crippen molar-refractivity contribution in [3.63, 3.8) is 0 Å². The molecule has 16 heavy (non-hydrogen) atoms. The molecule has 0 bridgehead atoms. The second kappa shape index (κ2) is 5.99. The van der Waals surface area contributed by atoms with Gasteiger partial charge in [0.1, 0.15) is 0 Å². The molecule has 3 heteroatoms. The minimum absolute atomic E-state index is 0.424. The summed E-state index contributed by atoms with van der Waals surface area (Å²) < 4.78 is 0. The molecule has 94 valence electrons. The smallest absolute Gasteiger partial charge is 0.0113 e. The molecule has 1 heterocycles. The zero-order valence-electron chi connectivity index (χ0n) is 10.7. The molecular formula is C13H27N3. The number of nitrogens with two attached hydrogens (primary N) is 1. The van der Waals surface area contributed by atoms with Gasteiger partial charge in [0.25, 0.3) is 0 Å². The van der Waals surface area contributed by atoms with Gasteiger partial charge in [-0.25, -0.2) is 0 Å². The third kappa shape index (κ3) is 3.72. The highest BCUT2D eigenvalue weighted by Gasteiger charge is 2.30. The Kier molecular flexibility index (Phi) is 4.62. The summed E-state index contributed by atoms with van der Waals surface area (Å²) in [5, 5.41) is 0. The van der Waals surface area contributed by atoms with E-state index in [-0.39, 0.29) is 0 Å². The van der Waals surface area contributed by atoms with Crippen molar-refractivity contribution in [2.24, 2.45) is 5.73 Å². The van der Waals surface area contributed by atoms with Gasteiger partial charge in [-0.15, -0.1) is 0 Å². The first-order chi connectivity index (χ1) is 7.79. The molecule has 2 N–H and O–H groups in total. The Morgan fingerprint density at radius 1 is 1.19 bits per heavy atom. The summed E-state index contributed by atoms with van der Waals surface area (Å²) >= 11 is 0. The van der Waals surface area contributed by atoms with Crippen LogP contribution >= 0.6 is 0 Å². The summed E-state index contributed by atoms with van der Waals surface area (Å²) in [6, 6.07) is 1.38. The summed E-state index contributed by atoms with van der Waals surface area (Å²) in [5.41, 5.74) is 5.93. The Morgan fingerprint density at radius 3 is 2.44 bits per heavy atom. The molecule has 0 radical (unpaired) electrons. The minimum Gasteiger partial charge on any atom is -0.328 e. The van der Waals surface area contributed by atoms with Crippen LogP contribution in [-0.4, -0.2) is 54.6 Å². The van der Waals surface area contributed by atoms with Crippen LogP contribution in [0.15, 0.2) is 0 Å². The molecule has 1 atom stereocenters. The van der Waals surface area contributed by atoms with E-state index >= 15 is 0 Å². The molecule has 1 unspecified atom stereocenters. The molecule has 0 aromatic heterocycles. The average Bonchev–Trinajstić information content (AvgIpc) is 3.14. The lowest BCUT2D eigenvalue weighted by Crippen LogP contribution is -2.47. The van der Waals surface area contributed by atoms with Crippen LogP contribution in [0.25, 0.3) is 0 Å². The first-order valence-electron chi connectivity index (χ1n) is 7.01. The Labute approximate surface area is 100.0 Å². The fourth-order valence-corrected chi connectivity index (χ4v) is 2.57. The molecule has 0 aromatic carbocycles. The summed E-state index contributed by atoms with van der Waals surface area (Å²) in [7, 11) is 0. The quantitative estimate of drug-likeness (QED) is 0.739. The molecule has 1 saturated carbocycles. The van der Waals surface area contributed by atoms with Gasteiger partial charge in [0, 0.05) is 38.3 Å². The maximum Gasteiger partial charge on any atom is 0.0113 e. The number of hydrogen-bond donors (Lipinski definition) is 1. The van der Waals surface area contributed by atoms with Crippen LogP contribution in [0.1, 0.15) is 39.0 Å². The largest absolute Gasteiger partial charge is 0.328 e. The van der Waals surface area contributed by atoms with Gasteiger partial charge in [0.05, 0.1) is 0 Å². The minimum atomic E-state index is 0.424. The maximum absolute atomic E-state index is 5.93. The summed E-state index contributed by atoms with van der Waals surface area (Å²) in [5.74, 6) is 0. The maximum atomic E-state index is 5.93. The number of nitrogens with zero attached hydrogens (tertiary/aromatic N) is 2. The Morgan fingerprint density at radius 2 is 1.88 bits per heavy atom. The van der Waals surface area contributed by atoms with E-state index in [1.54, 1.807) is 0 Å². The van der Waals surface area contributed by atoms with Gasteiger partial charge < -0.3 is 10.6 Å². The van der Waals surface area contributed by atoms with Crippen LogP contribution in [0.2, 0.25) is 0 Å². The third-order valence-electron chi connectivity index (χ3n) is 4.04. The van der Waals surface area contributed by atoms with Crippen LogP contribution in [0.4, 0.5) is 0 Å². The van der Waals surface area contributed by atoms with E-state index in [9.17, 15) is 0 Å². The van der Waals surface area contributed by atoms with E-state index in [4.69, 9.17) is 5.73 Å². The highest BCUT2D eigenvalue weighted by atomic mass is 15.3. The molecule has 2 rings (SSSR count). The van der Waals surface area contributed by atoms with Crippen LogP contribution in [0.5, 0.6) is 0 Å². The van der Waals surface area contributed by atoms with Crippen molar-refractivity contribution in [2.45, 2.75) is 51.1 Å². The van der Waals surface area contributed by atoms with Crippen molar-refractivity contribution in [3.8, 4) is 0 Å². The number of rotatable bonds is 6. The first kappa shape index (κ1) is 12.3. The molecule has 3 nitrogen and oxygen atoms in total. The van der Waals surface area contributed by atoms with Crippen molar-refractivity contribution in [1.29, 1.82) is 0 Å². The highest BCUT2D eigenvalue weighted by molar-refractivity contribution is 4.87. The normalized spacial score (nSPS) is 25.9. The van der Waals surface area contributed by atoms with Crippen LogP contribution in [0.3, 0.4) is 0 Å². The van der Waals surface area contributed by atoms with E-state index in [2.05, 4.69) is 16.7 Å². The molecule has 0 aromatic rings. The van der Waals surface area contributed by atoms with Gasteiger partial charge >= 0.3 is 0 Å². The topological polar surface area (TPSA) is 32.5 Å². The SMILES string of the molecule is CCC(N)CCCN1CCN(C2CC2)CC1. The van der Waals surface area contributed by atoms with E-state index in [0.717, 1.165) is 12.5 Å². The fraction of sp³-hybridized carbons (Fsp3) is 1.00. The summed E-state index contributed by atoms with van der Waals surface area (Å²) in [6.07, 6.45) is 6.49. The standard InChI is InChI=1S/C13H27N3/c1-2-12(14)4-3-7-15-8-10-16(11-9-15)13-5-6-13/h12-13H,2-11,14H2,1H3. The van der Waals surface area contributed by atoms with E-state index in [0.29, 0.717) is 6.04 Å². The van der Waals surface area contributed by atoms with Gasteiger partial charge in [-0.3, -0.25) is 4.90 Å². The van der Waals surface area contributed by atoms with Crippen molar-refractivity contribution in [1.82, 2.24) is 9.80 Å². The summed E-state index contributed by atoms with van der Waals surface area (Å²) in [6.45, 7) is 8.58. The zero-order chi connectivity index (χ0) is 11.4. The number of hydrogen-bond acceptors (Lipinski definition) is 3. The second-order valence-corrected chi connectivity index (χ2v) is 5.42. The lowest BCUT2D eigenvalue weighted by atomic mass is 10.1. The Hall–Kier alpha value is -0.120. The van der Waals surface area contributed by atoms with Gasteiger partial charge in [-0.2, -0.15) is 0 Å². The van der Waals surface area contributed by atoms with E-state index in [1.165, 1.54) is 58.4 Å². The van der Waals surface area contributed by atoms with Gasteiger partial charge in [0.15, 0.2) is 0 Å². The molecular weight excluding hydrogens is 198 g/mol.